The van der Waals surface area contributed by atoms with Gasteiger partial charge < -0.3 is 20.1 Å². The van der Waals surface area contributed by atoms with Gasteiger partial charge in [-0.3, -0.25) is 19.5 Å². The largest absolute Gasteiger partial charge is 0.481 e. The first-order chi connectivity index (χ1) is 20.7. The molecular formula is C30H34F3N5O5S. The molecule has 5 rings (SSSR count). The van der Waals surface area contributed by atoms with Crippen molar-refractivity contribution in [1.29, 1.82) is 0 Å². The lowest BCUT2D eigenvalue weighted by atomic mass is 9.89. The highest BCUT2D eigenvalue weighted by molar-refractivity contribution is 7.11. The number of esters is 1. The molecule has 1 aromatic heterocycles. The number of ether oxygens (including phenoxy) is 1. The number of hydrogen-bond donors (Lipinski definition) is 2. The molecule has 3 atom stereocenters. The number of nitrogens with one attached hydrogen (secondary N) is 1. The third-order valence-corrected chi connectivity index (χ3v) is 9.30. The number of carboxylic acid groups (broad SMARTS) is 1. The van der Waals surface area contributed by atoms with Gasteiger partial charge >= 0.3 is 11.9 Å². The quantitative estimate of drug-likeness (QED) is 0.379. The van der Waals surface area contributed by atoms with Crippen molar-refractivity contribution in [1.82, 2.24) is 20.1 Å². The molecule has 1 aromatic carbocycles. The summed E-state index contributed by atoms with van der Waals surface area (Å²) in [5.41, 5.74) is -0.157. The number of amides is 1. The van der Waals surface area contributed by atoms with Crippen molar-refractivity contribution in [3.05, 3.63) is 63.0 Å². The number of thiazole rings is 1. The summed E-state index contributed by atoms with van der Waals surface area (Å²) >= 11 is 1.28. The van der Waals surface area contributed by atoms with Gasteiger partial charge in [-0.2, -0.15) is 0 Å². The fourth-order valence-electron chi connectivity index (χ4n) is 5.92. The summed E-state index contributed by atoms with van der Waals surface area (Å²) in [7, 11) is 0. The predicted molar refractivity (Wildman–Crippen MR) is 156 cm³/mol. The average Bonchev–Trinajstić information content (AvgIpc) is 3.66. The lowest BCUT2D eigenvalue weighted by Gasteiger charge is -2.32. The number of fused-ring (bicyclic) bond motifs is 1. The van der Waals surface area contributed by atoms with E-state index in [2.05, 4.69) is 10.3 Å². The first kappa shape index (κ1) is 31.6. The molecule has 2 N–H and O–H groups in total. The van der Waals surface area contributed by atoms with E-state index in [1.807, 2.05) is 0 Å². The molecule has 10 nitrogen and oxygen atoms in total. The van der Waals surface area contributed by atoms with Crippen LogP contribution in [0.4, 0.5) is 13.2 Å². The van der Waals surface area contributed by atoms with Gasteiger partial charge in [0.2, 0.25) is 5.91 Å². The van der Waals surface area contributed by atoms with Crippen molar-refractivity contribution >= 4 is 35.0 Å². The van der Waals surface area contributed by atoms with E-state index in [-0.39, 0.29) is 49.5 Å². The highest BCUT2D eigenvalue weighted by Gasteiger charge is 2.62. The molecule has 0 spiro atoms. The van der Waals surface area contributed by atoms with Crippen molar-refractivity contribution in [2.45, 2.75) is 52.1 Å². The Balaban J connectivity index is 1.52. The minimum atomic E-state index is -3.36. The van der Waals surface area contributed by atoms with Crippen LogP contribution in [0.1, 0.15) is 49.4 Å². The molecule has 0 radical (unpaired) electrons. The van der Waals surface area contributed by atoms with E-state index >= 15 is 8.78 Å². The Labute approximate surface area is 256 Å². The van der Waals surface area contributed by atoms with E-state index in [9.17, 15) is 23.9 Å². The number of rotatable bonds is 10. The van der Waals surface area contributed by atoms with Crippen LogP contribution in [0.3, 0.4) is 0 Å². The number of aromatic nitrogens is 1. The zero-order chi connectivity index (χ0) is 32.0. The third-order valence-electron chi connectivity index (χ3n) is 8.52. The van der Waals surface area contributed by atoms with Crippen LogP contribution in [0.15, 0.2) is 46.0 Å². The number of nitrogens with zero attached hydrogens (tertiary/aromatic N) is 4. The van der Waals surface area contributed by atoms with Gasteiger partial charge in [-0.25, -0.2) is 22.9 Å². The zero-order valence-corrected chi connectivity index (χ0v) is 25.6. The van der Waals surface area contributed by atoms with Crippen molar-refractivity contribution in [2.75, 3.05) is 32.8 Å². The van der Waals surface area contributed by atoms with Gasteiger partial charge in [0.25, 0.3) is 5.92 Å². The second kappa shape index (κ2) is 12.0. The number of benzene rings is 1. The normalized spacial score (nSPS) is 23.4. The van der Waals surface area contributed by atoms with E-state index < -0.39 is 59.5 Å². The van der Waals surface area contributed by atoms with Crippen LogP contribution < -0.4 is 5.32 Å². The van der Waals surface area contributed by atoms with Crippen LogP contribution in [0.25, 0.3) is 0 Å². The van der Waals surface area contributed by atoms with E-state index in [1.165, 1.54) is 47.1 Å². The first-order valence-corrected chi connectivity index (χ1v) is 15.2. The summed E-state index contributed by atoms with van der Waals surface area (Å²) in [6.45, 7) is 5.39. The standard InChI is InChI=1S/C30H34F3N5O5S/c1-5-43-27(40)21-19(35-24(25-34-10-12-44-25)36-23(21)17-7-6-8-18(31)16(17)2)13-38-15-30(32,33)22-20(38)14-37(26(22)39)11-9-29(3,4)28(41)42/h6-8,10,12,20,22-23H,5,9,11,13-15H2,1-4H3,(H,35,36)(H,41,42). The summed E-state index contributed by atoms with van der Waals surface area (Å²) in [5, 5.41) is 14.8. The van der Waals surface area contributed by atoms with Gasteiger partial charge in [0.1, 0.15) is 17.8 Å². The van der Waals surface area contributed by atoms with Gasteiger partial charge in [-0.05, 0) is 51.3 Å². The van der Waals surface area contributed by atoms with Crippen LogP contribution in [0.2, 0.25) is 0 Å². The Kier molecular flexibility index (Phi) is 8.60. The lowest BCUT2D eigenvalue weighted by Crippen LogP contribution is -2.43. The summed E-state index contributed by atoms with van der Waals surface area (Å²) in [4.78, 5) is 50.1. The monoisotopic (exact) mass is 633 g/mol. The van der Waals surface area contributed by atoms with Crippen molar-refractivity contribution in [2.24, 2.45) is 16.3 Å². The van der Waals surface area contributed by atoms with Crippen molar-refractivity contribution in [3.8, 4) is 0 Å². The first-order valence-electron chi connectivity index (χ1n) is 14.3. The van der Waals surface area contributed by atoms with Gasteiger partial charge in [-0.15, -0.1) is 11.3 Å². The maximum atomic E-state index is 15.5. The number of hydrogen-bond acceptors (Lipinski definition) is 9. The van der Waals surface area contributed by atoms with Crippen LogP contribution in [-0.4, -0.2) is 88.3 Å². The van der Waals surface area contributed by atoms with Crippen LogP contribution in [-0.2, 0) is 19.1 Å². The number of carbonyl (C=O) groups is 3. The third kappa shape index (κ3) is 5.84. The zero-order valence-electron chi connectivity index (χ0n) is 24.8. The number of likely N-dealkylation sites (tertiary alicyclic amines) is 2. The molecule has 0 aliphatic carbocycles. The molecule has 1 amide bonds. The van der Waals surface area contributed by atoms with E-state index in [1.54, 1.807) is 31.5 Å². The number of aliphatic imine (C=N–C) groups is 1. The molecule has 3 aliphatic heterocycles. The number of carbonyl (C=O) groups excluding carboxylic acids is 2. The molecule has 14 heteroatoms. The van der Waals surface area contributed by atoms with E-state index in [4.69, 9.17) is 9.73 Å². The maximum absolute atomic E-state index is 15.5. The Morgan fingerprint density at radius 2 is 2.05 bits per heavy atom. The smallest absolute Gasteiger partial charge is 0.338 e. The molecule has 2 saturated heterocycles. The molecule has 2 aromatic rings. The van der Waals surface area contributed by atoms with Crippen LogP contribution >= 0.6 is 11.3 Å². The Bertz CT molecular complexity index is 1530. The number of aliphatic carboxylic acids is 1. The fraction of sp³-hybridized carbons (Fsp3) is 0.500. The minimum absolute atomic E-state index is 0.0172. The highest BCUT2D eigenvalue weighted by atomic mass is 32.1. The minimum Gasteiger partial charge on any atom is -0.481 e. The Morgan fingerprint density at radius 3 is 2.70 bits per heavy atom. The van der Waals surface area contributed by atoms with Gasteiger partial charge in [0, 0.05) is 43.0 Å². The molecule has 0 saturated carbocycles. The van der Waals surface area contributed by atoms with Gasteiger partial charge in [0.05, 0.1) is 24.1 Å². The molecule has 44 heavy (non-hydrogen) atoms. The lowest BCUT2D eigenvalue weighted by molar-refractivity contribution is -0.149. The maximum Gasteiger partial charge on any atom is 0.338 e. The van der Waals surface area contributed by atoms with Crippen LogP contribution in [0, 0.1) is 24.1 Å². The molecule has 3 aliphatic rings. The number of halogens is 3. The second-order valence-electron chi connectivity index (χ2n) is 11.8. The fourth-order valence-corrected chi connectivity index (χ4v) is 6.51. The summed E-state index contributed by atoms with van der Waals surface area (Å²) in [5.74, 6) is -7.67. The number of amidine groups is 1. The Hall–Kier alpha value is -3.78. The van der Waals surface area contributed by atoms with E-state index in [0.717, 1.165) is 0 Å². The van der Waals surface area contributed by atoms with Crippen LogP contribution in [0.5, 0.6) is 0 Å². The summed E-state index contributed by atoms with van der Waals surface area (Å²) in [6, 6.07) is 2.56. The summed E-state index contributed by atoms with van der Waals surface area (Å²) in [6.07, 6.45) is 1.67. The molecule has 236 valence electrons. The molecule has 3 unspecified atom stereocenters. The van der Waals surface area contributed by atoms with Crippen molar-refractivity contribution < 1.29 is 37.4 Å². The topological polar surface area (TPSA) is 124 Å². The average molecular weight is 634 g/mol. The number of alkyl halides is 2. The SMILES string of the molecule is CCOC(=O)C1=C(CN2CC(F)(F)C3C(=O)N(CCC(C)(C)C(=O)O)CC32)NC(c2nccs2)=NC1c1cccc(F)c1C. The van der Waals surface area contributed by atoms with E-state index in [0.29, 0.717) is 16.4 Å². The predicted octanol–water partition coefficient (Wildman–Crippen LogP) is 3.78. The van der Waals surface area contributed by atoms with Gasteiger partial charge in [-0.1, -0.05) is 12.1 Å². The Morgan fingerprint density at radius 1 is 1.30 bits per heavy atom. The number of carboxylic acids is 1. The molecule has 0 bridgehead atoms. The van der Waals surface area contributed by atoms with Gasteiger partial charge in [0.15, 0.2) is 10.8 Å². The summed E-state index contributed by atoms with van der Waals surface area (Å²) < 4.78 is 51.0. The second-order valence-corrected chi connectivity index (χ2v) is 12.7. The molecule has 4 heterocycles. The molecular weight excluding hydrogens is 599 g/mol. The highest BCUT2D eigenvalue weighted by Crippen LogP contribution is 2.44. The van der Waals surface area contributed by atoms with Crippen molar-refractivity contribution in [3.63, 3.8) is 0 Å². The molecule has 2 fully saturated rings.